The van der Waals surface area contributed by atoms with E-state index in [1.54, 1.807) is 0 Å². The molecule has 0 aromatic heterocycles. The predicted molar refractivity (Wildman–Crippen MR) is 67.8 cm³/mol. The number of hydrogen-bond donors (Lipinski definition) is 2. The van der Waals surface area contributed by atoms with Gasteiger partial charge >= 0.3 is 0 Å². The van der Waals surface area contributed by atoms with Crippen LogP contribution in [0.15, 0.2) is 27.6 Å². The van der Waals surface area contributed by atoms with Crippen LogP contribution < -0.4 is 10.0 Å². The van der Waals surface area contributed by atoms with Crippen molar-refractivity contribution in [2.45, 2.75) is 11.8 Å². The van der Waals surface area contributed by atoms with E-state index in [-0.39, 0.29) is 15.9 Å². The normalized spacial score (nSPS) is 11.7. The minimum Gasteiger partial charge on any atom is -0.316 e. The fraction of sp³-hybridized carbons (Fsp3) is 0.400. The van der Waals surface area contributed by atoms with Crippen molar-refractivity contribution in [3.05, 3.63) is 28.5 Å². The predicted octanol–water partition coefficient (Wildman–Crippen LogP) is 1.48. The van der Waals surface area contributed by atoms with Gasteiger partial charge in [-0.25, -0.2) is 17.5 Å². The molecule has 0 heterocycles. The van der Waals surface area contributed by atoms with E-state index in [1.807, 2.05) is 6.92 Å². The summed E-state index contributed by atoms with van der Waals surface area (Å²) in [6.45, 7) is 3.51. The summed E-state index contributed by atoms with van der Waals surface area (Å²) < 4.78 is 39.3. The highest BCUT2D eigenvalue weighted by Gasteiger charge is 2.14. The van der Waals surface area contributed by atoms with Gasteiger partial charge in [0.1, 0.15) is 5.82 Å². The maximum absolute atomic E-state index is 13.2. The maximum atomic E-state index is 13.2. The Labute approximate surface area is 109 Å². The first-order chi connectivity index (χ1) is 7.97. The lowest BCUT2D eigenvalue weighted by Crippen LogP contribution is -2.31. The lowest BCUT2D eigenvalue weighted by atomic mass is 10.3. The Morgan fingerprint density at radius 3 is 2.65 bits per heavy atom. The first-order valence-electron chi connectivity index (χ1n) is 5.13. The lowest BCUT2D eigenvalue weighted by Gasteiger charge is -2.07. The second-order valence-corrected chi connectivity index (χ2v) is 5.95. The van der Waals surface area contributed by atoms with Crippen LogP contribution in [0.25, 0.3) is 0 Å². The SMILES string of the molecule is CCNCCNS(=O)(=O)c1ccc(Br)c(F)c1. The van der Waals surface area contributed by atoms with Crippen LogP contribution in [0.1, 0.15) is 6.92 Å². The van der Waals surface area contributed by atoms with Crippen molar-refractivity contribution in [1.29, 1.82) is 0 Å². The first kappa shape index (κ1) is 14.6. The summed E-state index contributed by atoms with van der Waals surface area (Å²) in [7, 11) is -3.63. The second-order valence-electron chi connectivity index (χ2n) is 3.33. The van der Waals surface area contributed by atoms with Crippen LogP contribution in [0.5, 0.6) is 0 Å². The van der Waals surface area contributed by atoms with Gasteiger partial charge in [0.2, 0.25) is 10.0 Å². The molecule has 2 N–H and O–H groups in total. The molecule has 1 aromatic carbocycles. The first-order valence-corrected chi connectivity index (χ1v) is 7.40. The van der Waals surface area contributed by atoms with E-state index in [0.29, 0.717) is 6.54 Å². The van der Waals surface area contributed by atoms with Crippen molar-refractivity contribution >= 4 is 26.0 Å². The van der Waals surface area contributed by atoms with E-state index in [2.05, 4.69) is 26.0 Å². The van der Waals surface area contributed by atoms with Gasteiger partial charge in [0.05, 0.1) is 9.37 Å². The second kappa shape index (κ2) is 6.44. The van der Waals surface area contributed by atoms with Gasteiger partial charge in [-0.1, -0.05) is 6.92 Å². The third-order valence-electron chi connectivity index (χ3n) is 2.05. The summed E-state index contributed by atoms with van der Waals surface area (Å²) in [6.07, 6.45) is 0. The molecule has 0 saturated carbocycles. The molecule has 0 aliphatic rings. The summed E-state index contributed by atoms with van der Waals surface area (Å²) in [4.78, 5) is -0.0744. The molecule has 7 heteroatoms. The number of nitrogens with one attached hydrogen (secondary N) is 2. The summed E-state index contributed by atoms with van der Waals surface area (Å²) in [6, 6.07) is 3.70. The molecule has 0 aliphatic carbocycles. The summed E-state index contributed by atoms with van der Waals surface area (Å²) in [5, 5.41) is 2.98. The van der Waals surface area contributed by atoms with Gasteiger partial charge < -0.3 is 5.32 Å². The molecule has 0 amide bonds. The molecule has 0 bridgehead atoms. The van der Waals surface area contributed by atoms with Crippen molar-refractivity contribution in [2.75, 3.05) is 19.6 Å². The van der Waals surface area contributed by atoms with E-state index in [4.69, 9.17) is 0 Å². The van der Waals surface area contributed by atoms with E-state index in [0.717, 1.165) is 12.6 Å². The zero-order chi connectivity index (χ0) is 12.9. The highest BCUT2D eigenvalue weighted by atomic mass is 79.9. The maximum Gasteiger partial charge on any atom is 0.240 e. The van der Waals surface area contributed by atoms with E-state index >= 15 is 0 Å². The molecule has 0 saturated heterocycles. The zero-order valence-electron chi connectivity index (χ0n) is 9.33. The Hall–Kier alpha value is -0.500. The Bertz CT molecular complexity index is 479. The standard InChI is InChI=1S/C10H14BrFN2O2S/c1-2-13-5-6-14-17(15,16)8-3-4-9(11)10(12)7-8/h3-4,7,13-14H,2,5-6H2,1H3. The molecule has 17 heavy (non-hydrogen) atoms. The van der Waals surface area contributed by atoms with Crippen LogP contribution in [0, 0.1) is 5.82 Å². The van der Waals surface area contributed by atoms with Crippen molar-refractivity contribution in [3.8, 4) is 0 Å². The van der Waals surface area contributed by atoms with Gasteiger partial charge in [-0.05, 0) is 40.7 Å². The van der Waals surface area contributed by atoms with E-state index < -0.39 is 15.8 Å². The zero-order valence-corrected chi connectivity index (χ0v) is 11.7. The average Bonchev–Trinajstić information content (AvgIpc) is 2.28. The van der Waals surface area contributed by atoms with Gasteiger partial charge in [-0.3, -0.25) is 0 Å². The molecule has 1 rings (SSSR count). The lowest BCUT2D eigenvalue weighted by molar-refractivity contribution is 0.573. The van der Waals surface area contributed by atoms with Gasteiger partial charge in [-0.2, -0.15) is 0 Å². The Morgan fingerprint density at radius 2 is 2.06 bits per heavy atom. The number of halogens is 2. The Morgan fingerprint density at radius 1 is 1.35 bits per heavy atom. The largest absolute Gasteiger partial charge is 0.316 e. The minimum absolute atomic E-state index is 0.0744. The molecule has 0 aliphatic heterocycles. The van der Waals surface area contributed by atoms with Gasteiger partial charge in [0.25, 0.3) is 0 Å². The molecule has 0 radical (unpaired) electrons. The molecule has 0 atom stereocenters. The highest BCUT2D eigenvalue weighted by Crippen LogP contribution is 2.18. The van der Waals surface area contributed by atoms with Gasteiger partial charge in [0.15, 0.2) is 0 Å². The molecule has 96 valence electrons. The van der Waals surface area contributed by atoms with Crippen LogP contribution in [0.3, 0.4) is 0 Å². The van der Waals surface area contributed by atoms with Gasteiger partial charge in [-0.15, -0.1) is 0 Å². The van der Waals surface area contributed by atoms with Crippen LogP contribution in [0.4, 0.5) is 4.39 Å². The fourth-order valence-corrected chi connectivity index (χ4v) is 2.47. The van der Waals surface area contributed by atoms with E-state index in [1.165, 1.54) is 12.1 Å². The highest BCUT2D eigenvalue weighted by molar-refractivity contribution is 9.10. The fourth-order valence-electron chi connectivity index (χ4n) is 1.18. The number of rotatable bonds is 6. The van der Waals surface area contributed by atoms with E-state index in [9.17, 15) is 12.8 Å². The third-order valence-corrected chi connectivity index (χ3v) is 4.15. The van der Waals surface area contributed by atoms with Crippen molar-refractivity contribution in [1.82, 2.24) is 10.0 Å². The summed E-state index contributed by atoms with van der Waals surface area (Å²) in [5.41, 5.74) is 0. The van der Waals surface area contributed by atoms with Crippen LogP contribution in [-0.2, 0) is 10.0 Å². The van der Waals surface area contributed by atoms with Crippen molar-refractivity contribution < 1.29 is 12.8 Å². The molecule has 0 fully saturated rings. The molecule has 1 aromatic rings. The number of likely N-dealkylation sites (N-methyl/N-ethyl adjacent to an activating group) is 1. The monoisotopic (exact) mass is 324 g/mol. The molecular formula is C10H14BrFN2O2S. The average molecular weight is 325 g/mol. The number of sulfonamides is 1. The number of benzene rings is 1. The molecule has 4 nitrogen and oxygen atoms in total. The summed E-state index contributed by atoms with van der Waals surface area (Å²) >= 11 is 2.97. The molecule has 0 unspecified atom stereocenters. The van der Waals surface area contributed by atoms with Crippen LogP contribution in [-0.4, -0.2) is 28.1 Å². The van der Waals surface area contributed by atoms with Crippen LogP contribution >= 0.6 is 15.9 Å². The molecular weight excluding hydrogens is 311 g/mol. The Kier molecular flexibility index (Phi) is 5.51. The minimum atomic E-state index is -3.63. The van der Waals surface area contributed by atoms with Crippen molar-refractivity contribution in [2.24, 2.45) is 0 Å². The Balaban J connectivity index is 2.72. The molecule has 0 spiro atoms. The summed E-state index contributed by atoms with van der Waals surface area (Å²) in [5.74, 6) is -0.598. The van der Waals surface area contributed by atoms with Crippen molar-refractivity contribution in [3.63, 3.8) is 0 Å². The topological polar surface area (TPSA) is 58.2 Å². The number of hydrogen-bond acceptors (Lipinski definition) is 3. The quantitative estimate of drug-likeness (QED) is 0.779. The smallest absolute Gasteiger partial charge is 0.240 e. The van der Waals surface area contributed by atoms with Crippen LogP contribution in [0.2, 0.25) is 0 Å². The van der Waals surface area contributed by atoms with Gasteiger partial charge in [0, 0.05) is 13.1 Å². The third kappa shape index (κ3) is 4.34.